The van der Waals surface area contributed by atoms with E-state index in [1.54, 1.807) is 0 Å². The maximum absolute atomic E-state index is 15.0. The van der Waals surface area contributed by atoms with E-state index in [9.17, 15) is 4.57 Å². The molecular formula is C52H39OP. The summed E-state index contributed by atoms with van der Waals surface area (Å²) in [6.07, 6.45) is 4.51. The maximum Gasteiger partial charge on any atom is 0.171 e. The first-order valence-electron chi connectivity index (χ1n) is 18.3. The third-order valence-electron chi connectivity index (χ3n) is 9.81. The average Bonchev–Trinajstić information content (AvgIpc) is 3.26. The minimum atomic E-state index is -3.06. The van der Waals surface area contributed by atoms with Crippen LogP contribution in [0.25, 0.3) is 34.4 Å². The van der Waals surface area contributed by atoms with Crippen molar-refractivity contribution in [2.45, 2.75) is 0 Å². The Morgan fingerprint density at radius 3 is 0.907 bits per heavy atom. The first-order valence-corrected chi connectivity index (χ1v) is 20.0. The van der Waals surface area contributed by atoms with Crippen molar-refractivity contribution in [3.05, 3.63) is 258 Å². The van der Waals surface area contributed by atoms with Crippen LogP contribution in [0.1, 0.15) is 33.4 Å². The lowest BCUT2D eigenvalue weighted by Gasteiger charge is -2.20. The Morgan fingerprint density at radius 1 is 0.296 bits per heavy atom. The predicted octanol–water partition coefficient (Wildman–Crippen LogP) is 12.2. The molecule has 0 spiro atoms. The lowest BCUT2D eigenvalue weighted by Crippen LogP contribution is -2.24. The van der Waals surface area contributed by atoms with Gasteiger partial charge in [0.05, 0.1) is 0 Å². The SMILES string of the molecule is O=P(c1ccccc1)(c1ccccc1)c1ccc(C(=Cc2ccc(-c3ccc(C=C(c4ccccc4)c4ccccc4)cc3)cc2)c2ccccc2)cc1. The molecule has 8 rings (SSSR count). The highest BCUT2D eigenvalue weighted by Gasteiger charge is 2.29. The first-order chi connectivity index (χ1) is 26.6. The fraction of sp³-hybridized carbons (Fsp3) is 0. The van der Waals surface area contributed by atoms with E-state index in [1.165, 1.54) is 22.3 Å². The average molecular weight is 711 g/mol. The van der Waals surface area contributed by atoms with Crippen LogP contribution in [0.15, 0.2) is 224 Å². The molecule has 1 nitrogen and oxygen atoms in total. The molecule has 0 saturated heterocycles. The molecule has 2 heteroatoms. The van der Waals surface area contributed by atoms with E-state index in [0.29, 0.717) is 0 Å². The Labute approximate surface area is 318 Å². The molecule has 54 heavy (non-hydrogen) atoms. The van der Waals surface area contributed by atoms with Gasteiger partial charge in [0.25, 0.3) is 0 Å². The van der Waals surface area contributed by atoms with Crippen LogP contribution >= 0.6 is 7.14 Å². The van der Waals surface area contributed by atoms with E-state index in [4.69, 9.17) is 0 Å². The maximum atomic E-state index is 15.0. The number of benzene rings is 8. The van der Waals surface area contributed by atoms with Crippen molar-refractivity contribution in [2.24, 2.45) is 0 Å². The van der Waals surface area contributed by atoms with E-state index >= 15 is 0 Å². The molecule has 0 bridgehead atoms. The number of rotatable bonds is 10. The van der Waals surface area contributed by atoms with E-state index in [2.05, 4.69) is 158 Å². The van der Waals surface area contributed by atoms with Crippen LogP contribution in [0.2, 0.25) is 0 Å². The molecule has 0 radical (unpaired) electrons. The van der Waals surface area contributed by atoms with Crippen molar-refractivity contribution in [1.29, 1.82) is 0 Å². The summed E-state index contributed by atoms with van der Waals surface area (Å²) < 4.78 is 15.0. The van der Waals surface area contributed by atoms with Crippen molar-refractivity contribution in [3.8, 4) is 11.1 Å². The highest BCUT2D eigenvalue weighted by molar-refractivity contribution is 7.85. The van der Waals surface area contributed by atoms with Crippen LogP contribution in [0, 0.1) is 0 Å². The summed E-state index contributed by atoms with van der Waals surface area (Å²) in [6.45, 7) is 0. The van der Waals surface area contributed by atoms with Crippen LogP contribution in [0.4, 0.5) is 0 Å². The van der Waals surface area contributed by atoms with Gasteiger partial charge < -0.3 is 4.57 Å². The molecule has 0 aliphatic rings. The quantitative estimate of drug-likeness (QED) is 0.102. The van der Waals surface area contributed by atoms with Gasteiger partial charge in [-0.05, 0) is 67.8 Å². The molecule has 8 aromatic rings. The van der Waals surface area contributed by atoms with Crippen molar-refractivity contribution >= 4 is 46.4 Å². The fourth-order valence-electron chi connectivity index (χ4n) is 6.97. The third kappa shape index (κ3) is 7.50. The minimum Gasteiger partial charge on any atom is -0.309 e. The first kappa shape index (κ1) is 34.6. The van der Waals surface area contributed by atoms with E-state index in [0.717, 1.165) is 49.3 Å². The molecule has 8 aromatic carbocycles. The van der Waals surface area contributed by atoms with Gasteiger partial charge in [0.2, 0.25) is 0 Å². The molecule has 0 fully saturated rings. The van der Waals surface area contributed by atoms with Gasteiger partial charge in [-0.1, -0.05) is 224 Å². The van der Waals surface area contributed by atoms with Crippen LogP contribution in [0.3, 0.4) is 0 Å². The molecule has 258 valence electrons. The van der Waals surface area contributed by atoms with Crippen molar-refractivity contribution in [3.63, 3.8) is 0 Å². The van der Waals surface area contributed by atoms with Gasteiger partial charge in [-0.25, -0.2) is 0 Å². The lowest BCUT2D eigenvalue weighted by molar-refractivity contribution is 0.592. The molecule has 0 N–H and O–H groups in total. The monoisotopic (exact) mass is 710 g/mol. The van der Waals surface area contributed by atoms with Gasteiger partial charge >= 0.3 is 0 Å². The van der Waals surface area contributed by atoms with E-state index in [1.807, 2.05) is 78.9 Å². The molecule has 0 amide bonds. The molecule has 0 aliphatic carbocycles. The zero-order valence-corrected chi connectivity index (χ0v) is 30.8. The Bertz CT molecular complexity index is 2450. The summed E-state index contributed by atoms with van der Waals surface area (Å²) in [5, 5.41) is 2.48. The lowest BCUT2D eigenvalue weighted by atomic mass is 9.94. The largest absolute Gasteiger partial charge is 0.309 e. The molecule has 0 saturated carbocycles. The third-order valence-corrected chi connectivity index (χ3v) is 12.9. The normalized spacial score (nSPS) is 11.5. The minimum absolute atomic E-state index is 0.818. The zero-order valence-electron chi connectivity index (χ0n) is 29.9. The second kappa shape index (κ2) is 16.0. The van der Waals surface area contributed by atoms with Crippen molar-refractivity contribution < 1.29 is 4.57 Å². The zero-order chi connectivity index (χ0) is 36.6. The highest BCUT2D eigenvalue weighted by atomic mass is 31.2. The van der Waals surface area contributed by atoms with E-state index in [-0.39, 0.29) is 0 Å². The molecule has 0 unspecified atom stereocenters. The van der Waals surface area contributed by atoms with Gasteiger partial charge in [-0.15, -0.1) is 0 Å². The Balaban J connectivity index is 1.09. The number of hydrogen-bond donors (Lipinski definition) is 0. The molecule has 0 atom stereocenters. The van der Waals surface area contributed by atoms with Gasteiger partial charge in [-0.3, -0.25) is 0 Å². The van der Waals surface area contributed by atoms with Crippen LogP contribution < -0.4 is 15.9 Å². The molecular weight excluding hydrogens is 672 g/mol. The van der Waals surface area contributed by atoms with Crippen LogP contribution in [-0.4, -0.2) is 0 Å². The van der Waals surface area contributed by atoms with Crippen molar-refractivity contribution in [2.75, 3.05) is 0 Å². The second-order valence-corrected chi connectivity index (χ2v) is 16.1. The van der Waals surface area contributed by atoms with Gasteiger partial charge in [0.15, 0.2) is 7.14 Å². The topological polar surface area (TPSA) is 17.1 Å². The van der Waals surface area contributed by atoms with E-state index < -0.39 is 7.14 Å². The fourth-order valence-corrected chi connectivity index (χ4v) is 9.62. The van der Waals surface area contributed by atoms with Crippen LogP contribution in [-0.2, 0) is 4.57 Å². The summed E-state index contributed by atoms with van der Waals surface area (Å²) in [5.74, 6) is 0. The molecule has 0 aliphatic heterocycles. The summed E-state index contributed by atoms with van der Waals surface area (Å²) in [4.78, 5) is 0. The molecule has 0 heterocycles. The van der Waals surface area contributed by atoms with Gasteiger partial charge in [0.1, 0.15) is 0 Å². The summed E-state index contributed by atoms with van der Waals surface area (Å²) in [6, 6.07) is 77.1. The number of hydrogen-bond acceptors (Lipinski definition) is 1. The Hall–Kier alpha value is -6.53. The molecule has 0 aromatic heterocycles. The highest BCUT2D eigenvalue weighted by Crippen LogP contribution is 2.42. The van der Waals surface area contributed by atoms with Crippen molar-refractivity contribution in [1.82, 2.24) is 0 Å². The smallest absolute Gasteiger partial charge is 0.171 e. The summed E-state index contributed by atoms with van der Waals surface area (Å²) in [5.41, 5.74) is 11.5. The predicted molar refractivity (Wildman–Crippen MR) is 231 cm³/mol. The van der Waals surface area contributed by atoms with Gasteiger partial charge in [0, 0.05) is 15.9 Å². The Morgan fingerprint density at radius 2 is 0.574 bits per heavy atom. The standard InChI is InChI=1S/C52H39OP/c53-54(48-22-12-4-13-23-48,49-24-14-5-15-25-49)50-36-34-47(35-37-50)52(46-20-10-3-11-21-46)39-41-28-32-43(33-29-41)42-30-26-40(27-31-42)38-51(44-16-6-1-7-17-44)45-18-8-2-9-19-45/h1-39H. The summed E-state index contributed by atoms with van der Waals surface area (Å²) >= 11 is 0. The van der Waals surface area contributed by atoms with Crippen LogP contribution in [0.5, 0.6) is 0 Å². The second-order valence-electron chi connectivity index (χ2n) is 13.3. The Kier molecular flexibility index (Phi) is 10.2. The van der Waals surface area contributed by atoms with Gasteiger partial charge in [-0.2, -0.15) is 0 Å². The summed E-state index contributed by atoms with van der Waals surface area (Å²) in [7, 11) is -3.06.